The topological polar surface area (TPSA) is 236 Å². The smallest absolute Gasteiger partial charge is 0.407 e. The second kappa shape index (κ2) is 46.3. The molecule has 0 atom stereocenters. The third-order valence-corrected chi connectivity index (χ3v) is 25.8. The lowest BCUT2D eigenvalue weighted by Crippen LogP contribution is -2.51. The van der Waals surface area contributed by atoms with E-state index in [0.29, 0.717) is 23.8 Å². The van der Waals surface area contributed by atoms with Crippen LogP contribution in [0.5, 0.6) is 0 Å². The fraction of sp³-hybridized carbons (Fsp3) is 0.651. The molecular formula is C86H137B10Br2ClF2N4O20. The Kier molecular flexibility index (Phi) is 40.7. The van der Waals surface area contributed by atoms with E-state index in [0.717, 1.165) is 68.2 Å². The van der Waals surface area contributed by atoms with Gasteiger partial charge in [0.1, 0.15) is 21.4 Å². The third-order valence-electron chi connectivity index (χ3n) is 24.3. The molecule has 12 heterocycles. The van der Waals surface area contributed by atoms with Crippen molar-refractivity contribution < 1.29 is 102 Å². The Bertz CT molecular complexity index is 4100. The molecule has 1 aromatic carbocycles. The number of aryl methyl sites for hydroxylation is 1. The van der Waals surface area contributed by atoms with Gasteiger partial charge in [0.05, 0.1) is 67.2 Å². The Morgan fingerprint density at radius 2 is 0.856 bits per heavy atom. The Labute approximate surface area is 772 Å². The molecule has 686 valence electrons. The highest BCUT2D eigenvalue weighted by molar-refractivity contribution is 9.10. The minimum Gasteiger partial charge on any atom is -0.407 e. The number of halogens is 5. The van der Waals surface area contributed by atoms with Crippen LogP contribution in [0, 0.1) is 24.0 Å². The number of allylic oxidation sites excluding steroid dienone is 3. The summed E-state index contributed by atoms with van der Waals surface area (Å²) in [5.74, 6) is 0.811. The van der Waals surface area contributed by atoms with Gasteiger partial charge >= 0.3 is 71.8 Å². The van der Waals surface area contributed by atoms with Gasteiger partial charge in [-0.3, -0.25) is 9.97 Å². The molecule has 13 rings (SSSR count). The summed E-state index contributed by atoms with van der Waals surface area (Å²) >= 11 is 12.7. The van der Waals surface area contributed by atoms with Crippen molar-refractivity contribution in [3.8, 4) is 0 Å². The molecule has 5 aromatic rings. The van der Waals surface area contributed by atoms with Gasteiger partial charge in [-0.1, -0.05) is 108 Å². The van der Waals surface area contributed by atoms with E-state index in [9.17, 15) is 8.78 Å². The quantitative estimate of drug-likeness (QED) is 0.0450. The second-order valence-corrected chi connectivity index (χ2v) is 40.6. The normalized spacial score (nSPS) is 22.0. The standard InChI is InChI=1S/C14H27BO2.C13H25BO2.C12H17BClNO2.2C11H15BBrNO2.C11H13BF2O2.C11H16BNO2.C3H9B3O6/c1-7-9-11-12(10-8-2)15-16-13(3,4)14(5,6)17-15;1-6-7-8-9-10-11-14-15-12(2,3)13(4,5)16-14;1-8-6-9(7-15-10(8)14)13-16-11(2,3)12(4,5)17-13;1-10(2)11(3,4)16-12(15-10)8-5-9(13)7-14-6-8;1-10(2)11(3,4)16-12(15-10)8-6-5-7-14-9(8)13;1-11(2)6-15-12(16-7-11)8-3-9(13)5-10(14)4-8;1-10(2)11(3,4)15-12(14-10)9-6-5-7-13-8-9;1-7-4-10-5(8-2)12-6(9-3)11-4/h11H,7-10H2,1-6H3;10-11H,6-9H2,1-5H3;6-7H,1-5H3;2*5-7H,1-4H3;3-5H,6-7H2,1-2H3;5-8H,1-4H3;1-3H3/b12-11+;11-10+;;;;;;. The number of aromatic nitrogens is 4. The molecule has 8 aliphatic heterocycles. The number of pyridine rings is 4. The van der Waals surface area contributed by atoms with Crippen LogP contribution in [0.1, 0.15) is 258 Å². The Morgan fingerprint density at radius 3 is 1.26 bits per heavy atom. The summed E-state index contributed by atoms with van der Waals surface area (Å²) in [7, 11) is -0.511. The van der Waals surface area contributed by atoms with Gasteiger partial charge in [-0.05, 0) is 277 Å². The van der Waals surface area contributed by atoms with Gasteiger partial charge in [-0.15, -0.1) is 0 Å². The highest BCUT2D eigenvalue weighted by Gasteiger charge is 2.57. The lowest BCUT2D eigenvalue weighted by atomic mass is 9.75. The first kappa shape index (κ1) is 110. The van der Waals surface area contributed by atoms with Crippen molar-refractivity contribution in [1.82, 2.24) is 19.9 Å². The predicted molar refractivity (Wildman–Crippen MR) is 507 cm³/mol. The molecule has 8 aliphatic rings. The Morgan fingerprint density at radius 1 is 0.440 bits per heavy atom. The summed E-state index contributed by atoms with van der Waals surface area (Å²) in [5, 5.41) is 0.519. The lowest BCUT2D eigenvalue weighted by Gasteiger charge is -2.33. The van der Waals surface area contributed by atoms with E-state index < -0.39 is 40.7 Å². The summed E-state index contributed by atoms with van der Waals surface area (Å²) in [6.45, 7) is 63.0. The first-order valence-electron chi connectivity index (χ1n) is 43.3. The van der Waals surface area contributed by atoms with Crippen molar-refractivity contribution in [2.45, 2.75) is 326 Å². The number of rotatable bonds is 18. The fourth-order valence-electron chi connectivity index (χ4n) is 12.2. The van der Waals surface area contributed by atoms with Crippen molar-refractivity contribution in [2.75, 3.05) is 34.5 Å². The SMILES string of the molecule is CC1(C)COB(c2cc(F)cc(F)c2)OC1.CC1(C)OB(c2cccnc2)OC1(C)C.CC1(C)OB(c2cccnc2Br)OC1(C)C.CC1(C)OB(c2cncc(Br)c2)OC1(C)C.CCC/C=C(\CCC)B1OC(C)(C)C(C)(C)O1.CCCCC/C=C/B1OC(C)(C)C(C)(C)O1.COB1OB(OC)OB(OC)O1.Cc1cc(B2OC(C)(C)C(C)(C)O2)cnc1Cl. The summed E-state index contributed by atoms with van der Waals surface area (Å²) in [5.41, 5.74) is 2.97. The minimum atomic E-state index is -0.825. The average Bonchev–Trinajstić information content (AvgIpc) is 2.55. The first-order valence-corrected chi connectivity index (χ1v) is 45.2. The molecule has 125 heavy (non-hydrogen) atoms. The van der Waals surface area contributed by atoms with Gasteiger partial charge in [0.2, 0.25) is 0 Å². The zero-order chi connectivity index (χ0) is 94.0. The molecule has 0 bridgehead atoms. The number of benzene rings is 1. The van der Waals surface area contributed by atoms with Crippen molar-refractivity contribution in [2.24, 2.45) is 5.41 Å². The number of unbranched alkanes of at least 4 members (excludes halogenated alkanes) is 4. The first-order chi connectivity index (χ1) is 57.8. The van der Waals surface area contributed by atoms with Gasteiger partial charge in [0, 0.05) is 110 Å². The summed E-state index contributed by atoms with van der Waals surface area (Å²) < 4.78 is 139. The van der Waals surface area contributed by atoms with E-state index >= 15 is 0 Å². The molecule has 0 aliphatic carbocycles. The average molecular weight is 1890 g/mol. The highest BCUT2D eigenvalue weighted by atomic mass is 79.9. The van der Waals surface area contributed by atoms with Gasteiger partial charge < -0.3 is 92.8 Å². The van der Waals surface area contributed by atoms with Crippen molar-refractivity contribution in [3.63, 3.8) is 0 Å². The molecule has 8 saturated heterocycles. The van der Waals surface area contributed by atoms with Crippen LogP contribution in [0.3, 0.4) is 0 Å². The maximum Gasteiger partial charge on any atom is 0.615 e. The monoisotopic (exact) mass is 1890 g/mol. The van der Waals surface area contributed by atoms with E-state index in [-0.39, 0.29) is 115 Å². The second-order valence-electron chi connectivity index (χ2n) is 38.6. The molecule has 24 nitrogen and oxygen atoms in total. The van der Waals surface area contributed by atoms with Crippen LogP contribution in [0.2, 0.25) is 5.15 Å². The van der Waals surface area contributed by atoms with E-state index in [4.69, 9.17) is 104 Å². The molecule has 0 amide bonds. The predicted octanol–water partition coefficient (Wildman–Crippen LogP) is 16.6. The fourth-order valence-corrected chi connectivity index (χ4v) is 13.1. The molecule has 0 spiro atoms. The van der Waals surface area contributed by atoms with Crippen LogP contribution in [0.15, 0.2) is 124 Å². The van der Waals surface area contributed by atoms with Gasteiger partial charge in [-0.2, -0.15) is 0 Å². The zero-order valence-electron chi connectivity index (χ0n) is 80.6. The number of hydrogen-bond donors (Lipinski definition) is 0. The van der Waals surface area contributed by atoms with Crippen molar-refractivity contribution in [3.05, 3.63) is 147 Å². The van der Waals surface area contributed by atoms with Gasteiger partial charge in [-0.25, -0.2) is 18.7 Å². The molecule has 8 fully saturated rings. The van der Waals surface area contributed by atoms with Crippen molar-refractivity contribution >= 4 is 143 Å². The molecule has 4 aromatic heterocycles. The number of hydrogen-bond acceptors (Lipinski definition) is 24. The highest BCUT2D eigenvalue weighted by Crippen LogP contribution is 2.43. The van der Waals surface area contributed by atoms with Crippen LogP contribution >= 0.6 is 43.5 Å². The van der Waals surface area contributed by atoms with Gasteiger partial charge in [0.15, 0.2) is 0 Å². The molecule has 0 unspecified atom stereocenters. The Hall–Kier alpha value is -3.74. The zero-order valence-corrected chi connectivity index (χ0v) is 84.5. The van der Waals surface area contributed by atoms with Crippen LogP contribution < -0.4 is 27.3 Å². The van der Waals surface area contributed by atoms with Crippen LogP contribution in [0.4, 0.5) is 8.78 Å². The molecule has 0 N–H and O–H groups in total. The third kappa shape index (κ3) is 31.2. The molecule has 39 heteroatoms. The van der Waals surface area contributed by atoms with Crippen LogP contribution in [-0.4, -0.2) is 193 Å². The molecular weight excluding hydrogens is 1750 g/mol. The van der Waals surface area contributed by atoms with Crippen LogP contribution in [0.25, 0.3) is 0 Å². The van der Waals surface area contributed by atoms with Crippen molar-refractivity contribution in [1.29, 1.82) is 0 Å². The maximum absolute atomic E-state index is 13.0. The maximum atomic E-state index is 13.0. The van der Waals surface area contributed by atoms with Crippen LogP contribution in [-0.2, 0) is 92.8 Å². The summed E-state index contributed by atoms with van der Waals surface area (Å²) in [6, 6.07) is 14.9. The Balaban J connectivity index is 0.000000221. The molecule has 0 radical (unpaired) electrons. The summed E-state index contributed by atoms with van der Waals surface area (Å²) in [6.07, 6.45) is 24.4. The lowest BCUT2D eigenvalue weighted by molar-refractivity contribution is 0.00578. The van der Waals surface area contributed by atoms with E-state index in [1.807, 2.05) is 174 Å². The molecule has 0 saturated carbocycles. The minimum absolute atomic E-state index is 0.0532. The van der Waals surface area contributed by atoms with Gasteiger partial charge in [0.25, 0.3) is 0 Å². The van der Waals surface area contributed by atoms with E-state index in [1.54, 1.807) is 37.2 Å². The number of nitrogens with zero attached hydrogens (tertiary/aromatic N) is 4. The summed E-state index contributed by atoms with van der Waals surface area (Å²) in [4.78, 5) is 16.5. The van der Waals surface area contributed by atoms with E-state index in [1.165, 1.54) is 64.6 Å². The van der Waals surface area contributed by atoms with E-state index in [2.05, 4.69) is 140 Å². The largest absolute Gasteiger partial charge is 0.615 e.